The van der Waals surface area contributed by atoms with E-state index in [-0.39, 0.29) is 52.4 Å². The van der Waals surface area contributed by atoms with Gasteiger partial charge >= 0.3 is 11.9 Å². The molecule has 0 aromatic carbocycles. The third kappa shape index (κ3) is 3.31. The Bertz CT molecular complexity index is 1060. The number of Topliss-reactive ketones (excluding diaryl/α,β-unsaturated/α-hetero) is 1. The number of esters is 1. The van der Waals surface area contributed by atoms with Crippen molar-refractivity contribution in [1.29, 1.82) is 0 Å². The van der Waals surface area contributed by atoms with Gasteiger partial charge in [0.05, 0.1) is 11.0 Å². The fraction of sp³-hybridized carbons (Fsp3) is 0.906. The number of hydrogen-bond donors (Lipinski definition) is 2. The third-order valence-electron chi connectivity index (χ3n) is 13.8. The number of fused-ring (bicyclic) bond motifs is 7. The SMILES string of the molecule is CC(=O)O[C@H]1CC[C@@]2(C)C(CC[C@]3(C)C2C(=O)CC2(O)C4CC(C)(C)CC[C@]4(C(=O)O)CC[C@]23C)C1(C)C. The highest BCUT2D eigenvalue weighted by Gasteiger charge is 2.78. The molecule has 5 fully saturated rings. The highest BCUT2D eigenvalue weighted by molar-refractivity contribution is 5.86. The summed E-state index contributed by atoms with van der Waals surface area (Å²) in [5.74, 6) is -1.34. The first-order valence-electron chi connectivity index (χ1n) is 15.0. The van der Waals surface area contributed by atoms with Crippen LogP contribution in [0.4, 0.5) is 0 Å². The summed E-state index contributed by atoms with van der Waals surface area (Å²) in [5.41, 5.74) is -3.87. The first-order valence-corrected chi connectivity index (χ1v) is 15.0. The van der Waals surface area contributed by atoms with Crippen LogP contribution in [-0.2, 0) is 19.1 Å². The van der Waals surface area contributed by atoms with Gasteiger partial charge in [-0.15, -0.1) is 0 Å². The Morgan fingerprint density at radius 1 is 0.868 bits per heavy atom. The number of carboxylic acids is 1. The predicted octanol–water partition coefficient (Wildman–Crippen LogP) is 6.18. The molecule has 0 spiro atoms. The monoisotopic (exact) mass is 530 g/mol. The van der Waals surface area contributed by atoms with E-state index in [1.54, 1.807) is 0 Å². The van der Waals surface area contributed by atoms with E-state index in [0.29, 0.717) is 25.7 Å². The van der Waals surface area contributed by atoms with E-state index in [1.807, 2.05) is 0 Å². The number of aliphatic carboxylic acids is 1. The van der Waals surface area contributed by atoms with Crippen LogP contribution in [0, 0.1) is 50.2 Å². The minimum Gasteiger partial charge on any atom is -0.481 e. The molecule has 0 amide bonds. The maximum atomic E-state index is 14.5. The zero-order chi connectivity index (χ0) is 28.3. The number of carbonyl (C=O) groups excluding carboxylic acids is 2. The zero-order valence-electron chi connectivity index (χ0n) is 24.9. The van der Waals surface area contributed by atoms with Gasteiger partial charge in [0.1, 0.15) is 11.9 Å². The molecule has 0 aromatic rings. The number of hydrogen-bond acceptors (Lipinski definition) is 5. The molecule has 2 N–H and O–H groups in total. The average Bonchev–Trinajstić information content (AvgIpc) is 2.77. The summed E-state index contributed by atoms with van der Waals surface area (Å²) in [6.45, 7) is 16.9. The molecular formula is C32H50O6. The lowest BCUT2D eigenvalue weighted by Gasteiger charge is -2.74. The van der Waals surface area contributed by atoms with E-state index in [9.17, 15) is 24.6 Å². The van der Waals surface area contributed by atoms with Crippen molar-refractivity contribution in [1.82, 2.24) is 0 Å². The molecule has 0 aliphatic heterocycles. The van der Waals surface area contributed by atoms with E-state index >= 15 is 0 Å². The van der Waals surface area contributed by atoms with Crippen molar-refractivity contribution >= 4 is 17.7 Å². The molecule has 0 bridgehead atoms. The van der Waals surface area contributed by atoms with E-state index < -0.39 is 33.7 Å². The molecule has 4 unspecified atom stereocenters. The molecule has 0 aromatic heterocycles. The molecular weight excluding hydrogens is 480 g/mol. The van der Waals surface area contributed by atoms with Crippen molar-refractivity contribution < 1.29 is 29.3 Å². The minimum absolute atomic E-state index is 0.0512. The Kier molecular flexibility index (Phi) is 5.97. The normalized spacial score (nSPS) is 51.0. The van der Waals surface area contributed by atoms with Gasteiger partial charge < -0.3 is 14.9 Å². The second-order valence-corrected chi connectivity index (χ2v) is 16.2. The molecule has 5 aliphatic rings. The highest BCUT2D eigenvalue weighted by Crippen LogP contribution is 2.77. The third-order valence-corrected chi connectivity index (χ3v) is 13.8. The number of carboxylic acid groups (broad SMARTS) is 1. The number of rotatable bonds is 2. The van der Waals surface area contributed by atoms with Crippen LogP contribution in [0.2, 0.25) is 0 Å². The van der Waals surface area contributed by atoms with Crippen molar-refractivity contribution in [3.63, 3.8) is 0 Å². The first kappa shape index (κ1) is 28.1. The van der Waals surface area contributed by atoms with Gasteiger partial charge in [-0.25, -0.2) is 0 Å². The molecule has 6 nitrogen and oxygen atoms in total. The topological polar surface area (TPSA) is 101 Å². The number of ether oxygens (including phenoxy) is 1. The molecule has 5 rings (SSSR count). The summed E-state index contributed by atoms with van der Waals surface area (Å²) in [7, 11) is 0. The van der Waals surface area contributed by atoms with Gasteiger partial charge in [-0.3, -0.25) is 14.4 Å². The van der Waals surface area contributed by atoms with Crippen molar-refractivity contribution in [3.8, 4) is 0 Å². The Morgan fingerprint density at radius 3 is 2.11 bits per heavy atom. The maximum Gasteiger partial charge on any atom is 0.310 e. The van der Waals surface area contributed by atoms with Crippen LogP contribution in [0.1, 0.15) is 120 Å². The molecule has 6 heteroatoms. The summed E-state index contributed by atoms with van der Waals surface area (Å²) in [6, 6.07) is 0. The zero-order valence-corrected chi connectivity index (χ0v) is 24.9. The Hall–Kier alpha value is -1.43. The standard InChI is InChI=1S/C32H50O6/c1-19(33)38-23-10-11-28(6)21(27(23,4)5)9-12-29(7)24(28)20(34)17-32(37)22-18-26(2,3)13-15-31(22,25(35)36)16-14-30(29,32)8/h21-24,37H,9-18H2,1-8H3,(H,35,36)/t21?,22?,23-,24?,28-,29+,30-,31-,32?/m0/s1. The van der Waals surface area contributed by atoms with E-state index in [1.165, 1.54) is 6.92 Å². The molecule has 0 heterocycles. The number of carbonyl (C=O) groups is 3. The summed E-state index contributed by atoms with van der Waals surface area (Å²) < 4.78 is 5.80. The van der Waals surface area contributed by atoms with Crippen LogP contribution in [0.3, 0.4) is 0 Å². The highest BCUT2D eigenvalue weighted by atomic mass is 16.5. The van der Waals surface area contributed by atoms with Gasteiger partial charge in [0.15, 0.2) is 0 Å². The van der Waals surface area contributed by atoms with Crippen molar-refractivity contribution in [2.75, 3.05) is 0 Å². The number of ketones is 1. The lowest BCUT2D eigenvalue weighted by Crippen LogP contribution is -2.76. The van der Waals surface area contributed by atoms with Gasteiger partial charge in [-0.05, 0) is 80.0 Å². The molecule has 214 valence electrons. The first-order chi connectivity index (χ1) is 17.3. The lowest BCUT2D eigenvalue weighted by molar-refractivity contribution is -0.299. The van der Waals surface area contributed by atoms with Gasteiger partial charge in [0.2, 0.25) is 0 Å². The Labute approximate surface area is 228 Å². The minimum atomic E-state index is -1.34. The van der Waals surface area contributed by atoms with Crippen LogP contribution in [-0.4, -0.2) is 39.6 Å². The molecule has 38 heavy (non-hydrogen) atoms. The lowest BCUT2D eigenvalue weighted by atomic mass is 9.30. The van der Waals surface area contributed by atoms with Crippen LogP contribution < -0.4 is 0 Å². The molecule has 0 radical (unpaired) electrons. The molecule has 5 aliphatic carbocycles. The summed E-state index contributed by atoms with van der Waals surface area (Å²) in [5, 5.41) is 23.4. The van der Waals surface area contributed by atoms with E-state index in [2.05, 4.69) is 48.5 Å². The second kappa shape index (κ2) is 8.07. The van der Waals surface area contributed by atoms with Crippen LogP contribution in [0.15, 0.2) is 0 Å². The fourth-order valence-corrected chi connectivity index (χ4v) is 11.6. The van der Waals surface area contributed by atoms with Gasteiger partial charge in [-0.1, -0.05) is 48.5 Å². The van der Waals surface area contributed by atoms with Gasteiger partial charge in [0, 0.05) is 36.0 Å². The van der Waals surface area contributed by atoms with Gasteiger partial charge in [-0.2, -0.15) is 0 Å². The summed E-state index contributed by atoms with van der Waals surface area (Å²) in [6.07, 6.45) is 6.39. The van der Waals surface area contributed by atoms with Crippen molar-refractivity contribution in [2.45, 2.75) is 131 Å². The Balaban J connectivity index is 1.59. The average molecular weight is 531 g/mol. The fourth-order valence-electron chi connectivity index (χ4n) is 11.6. The van der Waals surface area contributed by atoms with Gasteiger partial charge in [0.25, 0.3) is 0 Å². The second-order valence-electron chi connectivity index (χ2n) is 16.2. The van der Waals surface area contributed by atoms with Crippen LogP contribution in [0.25, 0.3) is 0 Å². The molecule has 9 atom stereocenters. The summed E-state index contributed by atoms with van der Waals surface area (Å²) >= 11 is 0. The van der Waals surface area contributed by atoms with Crippen LogP contribution >= 0.6 is 0 Å². The largest absolute Gasteiger partial charge is 0.481 e. The smallest absolute Gasteiger partial charge is 0.310 e. The summed E-state index contributed by atoms with van der Waals surface area (Å²) in [4.78, 5) is 39.3. The molecule has 0 saturated heterocycles. The van der Waals surface area contributed by atoms with E-state index in [4.69, 9.17) is 4.74 Å². The molecule has 5 saturated carbocycles. The predicted molar refractivity (Wildman–Crippen MR) is 144 cm³/mol. The van der Waals surface area contributed by atoms with Crippen molar-refractivity contribution in [2.24, 2.45) is 50.2 Å². The van der Waals surface area contributed by atoms with E-state index in [0.717, 1.165) is 32.1 Å². The number of aliphatic hydroxyl groups is 1. The quantitative estimate of drug-likeness (QED) is 0.414. The Morgan fingerprint density at radius 2 is 1.50 bits per heavy atom. The van der Waals surface area contributed by atoms with Crippen molar-refractivity contribution in [3.05, 3.63) is 0 Å². The maximum absolute atomic E-state index is 14.5. The van der Waals surface area contributed by atoms with Crippen LogP contribution in [0.5, 0.6) is 0 Å².